The number of nitrogens with zero attached hydrogens (tertiary/aromatic N) is 2. The molecule has 0 spiro atoms. The lowest BCUT2D eigenvalue weighted by Crippen LogP contribution is -2.37. The van der Waals surface area contributed by atoms with E-state index in [1.54, 1.807) is 6.92 Å². The highest BCUT2D eigenvalue weighted by Crippen LogP contribution is 2.19. The quantitative estimate of drug-likeness (QED) is 0.898. The maximum Gasteiger partial charge on any atom is 0.271 e. The zero-order valence-electron chi connectivity index (χ0n) is 11.1. The van der Waals surface area contributed by atoms with Gasteiger partial charge >= 0.3 is 0 Å². The van der Waals surface area contributed by atoms with Crippen molar-refractivity contribution in [3.05, 3.63) is 59.7 Å². The highest BCUT2D eigenvalue weighted by atomic mass is 19.2. The fraction of sp³-hybridized carbons (Fsp3) is 0.214. The van der Waals surface area contributed by atoms with Gasteiger partial charge in [0.15, 0.2) is 11.6 Å². The number of halogens is 2. The van der Waals surface area contributed by atoms with Crippen LogP contribution in [0.3, 0.4) is 0 Å². The molecule has 0 saturated heterocycles. The Morgan fingerprint density at radius 3 is 2.67 bits per heavy atom. The molecule has 21 heavy (non-hydrogen) atoms. The van der Waals surface area contributed by atoms with Crippen LogP contribution in [0, 0.1) is 11.6 Å². The number of hydrogen-bond donors (Lipinski definition) is 2. The van der Waals surface area contributed by atoms with Crippen molar-refractivity contribution in [2.75, 3.05) is 0 Å². The van der Waals surface area contributed by atoms with Crippen molar-refractivity contribution in [2.45, 2.75) is 19.1 Å². The van der Waals surface area contributed by atoms with E-state index in [9.17, 15) is 18.7 Å². The summed E-state index contributed by atoms with van der Waals surface area (Å²) in [6, 6.07) is 2.36. The Bertz CT molecular complexity index is 637. The molecule has 0 aliphatic rings. The van der Waals surface area contributed by atoms with E-state index in [1.165, 1.54) is 24.7 Å². The first-order valence-electron chi connectivity index (χ1n) is 6.19. The molecule has 0 radical (unpaired) electrons. The van der Waals surface area contributed by atoms with Gasteiger partial charge < -0.3 is 10.4 Å². The van der Waals surface area contributed by atoms with Gasteiger partial charge in [-0.05, 0) is 24.6 Å². The summed E-state index contributed by atoms with van der Waals surface area (Å²) in [6.45, 7) is 1.54. The first kappa shape index (κ1) is 15.0. The zero-order chi connectivity index (χ0) is 15.4. The number of benzene rings is 1. The topological polar surface area (TPSA) is 75.1 Å². The van der Waals surface area contributed by atoms with Crippen LogP contribution in [0.15, 0.2) is 36.8 Å². The lowest BCUT2D eigenvalue weighted by Gasteiger charge is -2.20. The SMILES string of the molecule is CC(NC(=O)c1cnccn1)C(O)c1ccc(F)c(F)c1. The van der Waals surface area contributed by atoms with E-state index < -0.39 is 29.7 Å². The minimum atomic E-state index is -1.18. The van der Waals surface area contributed by atoms with Crippen molar-refractivity contribution < 1.29 is 18.7 Å². The summed E-state index contributed by atoms with van der Waals surface area (Å²) in [7, 11) is 0. The van der Waals surface area contributed by atoms with E-state index in [2.05, 4.69) is 15.3 Å². The third-order valence-corrected chi connectivity index (χ3v) is 2.91. The van der Waals surface area contributed by atoms with Gasteiger partial charge in [-0.3, -0.25) is 9.78 Å². The van der Waals surface area contributed by atoms with Crippen molar-refractivity contribution in [1.82, 2.24) is 15.3 Å². The number of carbonyl (C=O) groups excluding carboxylic acids is 1. The van der Waals surface area contributed by atoms with Gasteiger partial charge in [0.25, 0.3) is 5.91 Å². The molecule has 110 valence electrons. The van der Waals surface area contributed by atoms with E-state index in [4.69, 9.17) is 0 Å². The molecule has 2 rings (SSSR count). The van der Waals surface area contributed by atoms with Gasteiger partial charge in [-0.2, -0.15) is 0 Å². The van der Waals surface area contributed by atoms with Gasteiger partial charge in [0, 0.05) is 12.4 Å². The third kappa shape index (κ3) is 3.57. The van der Waals surface area contributed by atoms with Gasteiger partial charge in [-0.1, -0.05) is 6.07 Å². The molecule has 2 aromatic rings. The summed E-state index contributed by atoms with van der Waals surface area (Å²) in [4.78, 5) is 19.4. The number of aliphatic hydroxyl groups is 1. The van der Waals surface area contributed by atoms with E-state index in [-0.39, 0.29) is 11.3 Å². The number of amides is 1. The molecule has 2 unspecified atom stereocenters. The molecule has 5 nitrogen and oxygen atoms in total. The minimum Gasteiger partial charge on any atom is -0.386 e. The van der Waals surface area contributed by atoms with E-state index in [1.807, 2.05) is 0 Å². The van der Waals surface area contributed by atoms with E-state index in [0.29, 0.717) is 0 Å². The number of nitrogens with one attached hydrogen (secondary N) is 1. The molecule has 1 aromatic carbocycles. The fourth-order valence-electron chi connectivity index (χ4n) is 1.76. The van der Waals surface area contributed by atoms with Crippen LogP contribution in [0.25, 0.3) is 0 Å². The molecule has 1 heterocycles. The lowest BCUT2D eigenvalue weighted by atomic mass is 10.0. The Morgan fingerprint density at radius 2 is 2.05 bits per heavy atom. The molecule has 0 fully saturated rings. The molecule has 0 aliphatic carbocycles. The van der Waals surface area contributed by atoms with Gasteiger partial charge in [0.2, 0.25) is 0 Å². The van der Waals surface area contributed by atoms with Crippen molar-refractivity contribution >= 4 is 5.91 Å². The third-order valence-electron chi connectivity index (χ3n) is 2.91. The Morgan fingerprint density at radius 1 is 1.29 bits per heavy atom. The Hall–Kier alpha value is -2.41. The van der Waals surface area contributed by atoms with Gasteiger partial charge in [-0.25, -0.2) is 13.8 Å². The molecule has 7 heteroatoms. The number of hydrogen-bond acceptors (Lipinski definition) is 4. The molecule has 0 aliphatic heterocycles. The zero-order valence-corrected chi connectivity index (χ0v) is 11.1. The summed E-state index contributed by atoms with van der Waals surface area (Å²) in [5.74, 6) is -2.57. The van der Waals surface area contributed by atoms with Crippen molar-refractivity contribution in [3.8, 4) is 0 Å². The van der Waals surface area contributed by atoms with Crippen LogP contribution >= 0.6 is 0 Å². The molecule has 2 N–H and O–H groups in total. The van der Waals surface area contributed by atoms with Gasteiger partial charge in [-0.15, -0.1) is 0 Å². The Kier molecular flexibility index (Phi) is 4.54. The molecule has 0 saturated carbocycles. The van der Waals surface area contributed by atoms with Crippen LogP contribution in [0.4, 0.5) is 8.78 Å². The highest BCUT2D eigenvalue weighted by Gasteiger charge is 2.20. The lowest BCUT2D eigenvalue weighted by molar-refractivity contribution is 0.0846. The van der Waals surface area contributed by atoms with Crippen LogP contribution in [-0.2, 0) is 0 Å². The summed E-state index contributed by atoms with van der Waals surface area (Å²) in [5, 5.41) is 12.6. The van der Waals surface area contributed by atoms with E-state index in [0.717, 1.165) is 12.1 Å². The smallest absolute Gasteiger partial charge is 0.271 e. The molecule has 2 atom stereocenters. The molecule has 1 amide bonds. The normalized spacial score (nSPS) is 13.5. The average Bonchev–Trinajstić information content (AvgIpc) is 2.50. The summed E-state index contributed by atoms with van der Waals surface area (Å²) < 4.78 is 26.0. The molecular formula is C14H13F2N3O2. The standard InChI is InChI=1S/C14H13F2N3O2/c1-8(19-14(21)12-7-17-4-5-18-12)13(20)9-2-3-10(15)11(16)6-9/h2-8,13,20H,1H3,(H,19,21). The van der Waals surface area contributed by atoms with Crippen LogP contribution in [-0.4, -0.2) is 27.0 Å². The molecule has 0 bridgehead atoms. The summed E-state index contributed by atoms with van der Waals surface area (Å²) in [5.41, 5.74) is 0.266. The number of aromatic nitrogens is 2. The number of rotatable bonds is 4. The second-order valence-electron chi connectivity index (χ2n) is 4.47. The van der Waals surface area contributed by atoms with Crippen LogP contribution in [0.5, 0.6) is 0 Å². The second-order valence-corrected chi connectivity index (χ2v) is 4.47. The van der Waals surface area contributed by atoms with Gasteiger partial charge in [0.05, 0.1) is 18.3 Å². The summed E-state index contributed by atoms with van der Waals surface area (Å²) in [6.07, 6.45) is 2.90. The average molecular weight is 293 g/mol. The van der Waals surface area contributed by atoms with E-state index >= 15 is 0 Å². The molecule has 1 aromatic heterocycles. The molecular weight excluding hydrogens is 280 g/mol. The number of aliphatic hydroxyl groups excluding tert-OH is 1. The van der Waals surface area contributed by atoms with Crippen LogP contribution in [0.1, 0.15) is 29.1 Å². The fourth-order valence-corrected chi connectivity index (χ4v) is 1.76. The number of carbonyl (C=O) groups is 1. The maximum absolute atomic E-state index is 13.1. The first-order chi connectivity index (χ1) is 9.99. The maximum atomic E-state index is 13.1. The van der Waals surface area contributed by atoms with Crippen molar-refractivity contribution in [3.63, 3.8) is 0 Å². The predicted octanol–water partition coefficient (Wildman–Crippen LogP) is 1.61. The largest absolute Gasteiger partial charge is 0.386 e. The Labute approximate surface area is 119 Å². The predicted molar refractivity (Wildman–Crippen MR) is 70.3 cm³/mol. The second kappa shape index (κ2) is 6.36. The van der Waals surface area contributed by atoms with Crippen molar-refractivity contribution in [1.29, 1.82) is 0 Å². The minimum absolute atomic E-state index is 0.0989. The monoisotopic (exact) mass is 293 g/mol. The first-order valence-corrected chi connectivity index (χ1v) is 6.19. The van der Waals surface area contributed by atoms with Gasteiger partial charge in [0.1, 0.15) is 5.69 Å². The highest BCUT2D eigenvalue weighted by molar-refractivity contribution is 5.92. The van der Waals surface area contributed by atoms with Crippen LogP contribution < -0.4 is 5.32 Å². The summed E-state index contributed by atoms with van der Waals surface area (Å²) >= 11 is 0. The van der Waals surface area contributed by atoms with Crippen molar-refractivity contribution in [2.24, 2.45) is 0 Å². The Balaban J connectivity index is 2.07. The van der Waals surface area contributed by atoms with Crippen LogP contribution in [0.2, 0.25) is 0 Å².